The number of ether oxygens (including phenoxy) is 2. The van der Waals surface area contributed by atoms with E-state index >= 15 is 0 Å². The number of hydrogen-bond donors (Lipinski definition) is 1. The molecule has 0 saturated carbocycles. The van der Waals surface area contributed by atoms with E-state index in [0.717, 1.165) is 0 Å². The zero-order chi connectivity index (χ0) is 24.9. The van der Waals surface area contributed by atoms with Crippen LogP contribution in [-0.2, 0) is 9.59 Å². The fourth-order valence-corrected chi connectivity index (χ4v) is 4.99. The van der Waals surface area contributed by atoms with Crippen molar-refractivity contribution in [2.75, 3.05) is 19.1 Å². The summed E-state index contributed by atoms with van der Waals surface area (Å²) in [5, 5.41) is 20.5. The van der Waals surface area contributed by atoms with E-state index in [-0.39, 0.29) is 16.5 Å². The molecular formula is C24H21N5O5S. The molecule has 1 fully saturated rings. The van der Waals surface area contributed by atoms with Gasteiger partial charge >= 0.3 is 5.91 Å². The second-order valence-electron chi connectivity index (χ2n) is 7.86. The first kappa shape index (κ1) is 22.5. The van der Waals surface area contributed by atoms with Gasteiger partial charge in [-0.2, -0.15) is 0 Å². The third kappa shape index (κ3) is 3.51. The average Bonchev–Trinajstić information content (AvgIpc) is 3.51. The van der Waals surface area contributed by atoms with Crippen molar-refractivity contribution in [3.8, 4) is 11.5 Å². The van der Waals surface area contributed by atoms with E-state index in [1.807, 2.05) is 6.07 Å². The molecule has 1 aliphatic rings. The number of rotatable bonds is 5. The number of pyridine rings is 1. The number of carbonyl (C=O) groups is 2. The van der Waals surface area contributed by atoms with Gasteiger partial charge in [-0.1, -0.05) is 23.5 Å². The molecule has 1 aromatic carbocycles. The SMILES string of the molecule is COc1ccc(C2C(=C(O)c3c(C)nc4ccccn34)C(=O)C(=O)N2c2nnc(C)s2)cc1OC. The van der Waals surface area contributed by atoms with Crippen LogP contribution in [0.3, 0.4) is 0 Å². The zero-order valence-electron chi connectivity index (χ0n) is 19.3. The Kier molecular flexibility index (Phi) is 5.48. The number of aryl methyl sites for hydroxylation is 2. The van der Waals surface area contributed by atoms with Crippen molar-refractivity contribution in [2.45, 2.75) is 19.9 Å². The number of aliphatic hydroxyl groups excluding tert-OH is 1. The Bertz CT molecular complexity index is 1520. The van der Waals surface area contributed by atoms with Crippen LogP contribution < -0.4 is 14.4 Å². The van der Waals surface area contributed by atoms with Crippen LogP contribution in [0, 0.1) is 13.8 Å². The Morgan fingerprint density at radius 3 is 2.51 bits per heavy atom. The summed E-state index contributed by atoms with van der Waals surface area (Å²) in [6.07, 6.45) is 1.74. The summed E-state index contributed by atoms with van der Waals surface area (Å²) in [5.41, 5.74) is 1.89. The van der Waals surface area contributed by atoms with Gasteiger partial charge in [0.05, 0.1) is 31.5 Å². The number of carbonyl (C=O) groups excluding carboxylic acids is 2. The highest BCUT2D eigenvalue weighted by atomic mass is 32.1. The summed E-state index contributed by atoms with van der Waals surface area (Å²) in [6.45, 7) is 3.49. The molecular weight excluding hydrogens is 470 g/mol. The molecule has 1 amide bonds. The van der Waals surface area contributed by atoms with Crippen molar-refractivity contribution in [3.63, 3.8) is 0 Å². The highest BCUT2D eigenvalue weighted by molar-refractivity contribution is 7.15. The first-order valence-electron chi connectivity index (χ1n) is 10.6. The molecule has 3 aromatic heterocycles. The van der Waals surface area contributed by atoms with Crippen LogP contribution in [0.1, 0.15) is 28.0 Å². The number of amides is 1. The van der Waals surface area contributed by atoms with Crippen molar-refractivity contribution >= 4 is 39.6 Å². The lowest BCUT2D eigenvalue weighted by molar-refractivity contribution is -0.132. The number of benzene rings is 1. The maximum atomic E-state index is 13.4. The van der Waals surface area contributed by atoms with Crippen LogP contribution >= 0.6 is 11.3 Å². The van der Waals surface area contributed by atoms with Gasteiger partial charge in [-0.05, 0) is 43.7 Å². The van der Waals surface area contributed by atoms with Crippen LogP contribution in [0.4, 0.5) is 5.13 Å². The van der Waals surface area contributed by atoms with Crippen molar-refractivity contribution in [1.82, 2.24) is 19.6 Å². The molecule has 1 saturated heterocycles. The van der Waals surface area contributed by atoms with E-state index in [0.29, 0.717) is 39.1 Å². The molecule has 0 spiro atoms. The van der Waals surface area contributed by atoms with Crippen LogP contribution in [0.5, 0.6) is 11.5 Å². The van der Waals surface area contributed by atoms with Gasteiger partial charge in [0, 0.05) is 6.20 Å². The molecule has 10 nitrogen and oxygen atoms in total. The van der Waals surface area contributed by atoms with E-state index in [1.54, 1.807) is 54.8 Å². The number of fused-ring (bicyclic) bond motifs is 1. The van der Waals surface area contributed by atoms with Gasteiger partial charge in [0.2, 0.25) is 5.13 Å². The smallest absolute Gasteiger partial charge is 0.301 e. The summed E-state index contributed by atoms with van der Waals surface area (Å²) in [7, 11) is 3.01. The Morgan fingerprint density at radius 1 is 1.06 bits per heavy atom. The van der Waals surface area contributed by atoms with Gasteiger partial charge in [0.25, 0.3) is 5.78 Å². The lowest BCUT2D eigenvalue weighted by Gasteiger charge is -2.23. The number of methoxy groups -OCH3 is 2. The van der Waals surface area contributed by atoms with Crippen LogP contribution in [0.15, 0.2) is 48.2 Å². The van der Waals surface area contributed by atoms with E-state index in [4.69, 9.17) is 9.47 Å². The zero-order valence-corrected chi connectivity index (χ0v) is 20.2. The third-order valence-corrected chi connectivity index (χ3v) is 6.66. The molecule has 0 aliphatic carbocycles. The highest BCUT2D eigenvalue weighted by Gasteiger charge is 2.49. The van der Waals surface area contributed by atoms with Gasteiger partial charge in [-0.3, -0.25) is 18.9 Å². The minimum absolute atomic E-state index is 0.0798. The van der Waals surface area contributed by atoms with Gasteiger partial charge in [-0.25, -0.2) is 4.98 Å². The van der Waals surface area contributed by atoms with E-state index in [2.05, 4.69) is 15.2 Å². The number of anilines is 1. The summed E-state index contributed by atoms with van der Waals surface area (Å²) in [6, 6.07) is 9.50. The summed E-state index contributed by atoms with van der Waals surface area (Å²) in [5.74, 6) is -1.08. The second-order valence-corrected chi connectivity index (χ2v) is 9.02. The molecule has 0 bridgehead atoms. The van der Waals surface area contributed by atoms with Crippen LogP contribution in [-0.4, -0.2) is 50.6 Å². The number of aromatic nitrogens is 4. The first-order chi connectivity index (χ1) is 16.8. The summed E-state index contributed by atoms with van der Waals surface area (Å²) >= 11 is 1.18. The molecule has 1 N–H and O–H groups in total. The standard InChI is InChI=1S/C24H21N5O5S/c1-12-19(28-10-6-5-7-17(28)25-12)21(30)18-20(14-8-9-15(33-3)16(11-14)34-4)29(23(32)22(18)31)24-27-26-13(2)35-24/h5-11,20,30H,1-4H3. The molecule has 178 valence electrons. The van der Waals surface area contributed by atoms with Crippen LogP contribution in [0.25, 0.3) is 11.4 Å². The lowest BCUT2D eigenvalue weighted by atomic mass is 9.96. The molecule has 35 heavy (non-hydrogen) atoms. The Balaban J connectivity index is 1.79. The van der Waals surface area contributed by atoms with Crippen LogP contribution in [0.2, 0.25) is 0 Å². The molecule has 0 radical (unpaired) electrons. The normalized spacial score (nSPS) is 17.4. The predicted octanol–water partition coefficient (Wildman–Crippen LogP) is 3.45. The third-order valence-electron chi connectivity index (χ3n) is 5.82. The molecule has 4 aromatic rings. The largest absolute Gasteiger partial charge is 0.505 e. The highest BCUT2D eigenvalue weighted by Crippen LogP contribution is 2.45. The maximum absolute atomic E-state index is 13.4. The minimum atomic E-state index is -0.976. The van der Waals surface area contributed by atoms with Gasteiger partial charge in [0.15, 0.2) is 17.3 Å². The van der Waals surface area contributed by atoms with E-state index < -0.39 is 17.7 Å². The Morgan fingerprint density at radius 2 is 1.83 bits per heavy atom. The average molecular weight is 492 g/mol. The maximum Gasteiger partial charge on any atom is 0.301 e. The number of ketones is 1. The molecule has 4 heterocycles. The lowest BCUT2D eigenvalue weighted by Crippen LogP contribution is -2.29. The minimum Gasteiger partial charge on any atom is -0.505 e. The molecule has 11 heteroatoms. The summed E-state index contributed by atoms with van der Waals surface area (Å²) < 4.78 is 12.5. The molecule has 1 atom stereocenters. The second kappa shape index (κ2) is 8.51. The number of Topliss-reactive ketones (excluding diaryl/α,β-unsaturated/α-hetero) is 1. The monoisotopic (exact) mass is 491 g/mol. The van der Waals surface area contributed by atoms with Crippen molar-refractivity contribution < 1.29 is 24.2 Å². The predicted molar refractivity (Wildman–Crippen MR) is 129 cm³/mol. The van der Waals surface area contributed by atoms with E-state index in [1.165, 1.54) is 30.5 Å². The number of aliphatic hydroxyl groups is 1. The number of nitrogens with zero attached hydrogens (tertiary/aromatic N) is 5. The quantitative estimate of drug-likeness (QED) is 0.256. The van der Waals surface area contributed by atoms with Gasteiger partial charge in [-0.15, -0.1) is 10.2 Å². The van der Waals surface area contributed by atoms with Crippen molar-refractivity contribution in [2.24, 2.45) is 0 Å². The molecule has 1 unspecified atom stereocenters. The van der Waals surface area contributed by atoms with Crippen molar-refractivity contribution in [1.29, 1.82) is 0 Å². The Hall–Kier alpha value is -4.25. The number of hydrogen-bond acceptors (Lipinski definition) is 9. The number of imidazole rings is 1. The topological polar surface area (TPSA) is 119 Å². The Labute approximate surface area is 204 Å². The fraction of sp³-hybridized carbons (Fsp3) is 0.208. The van der Waals surface area contributed by atoms with Gasteiger partial charge in [0.1, 0.15) is 16.3 Å². The first-order valence-corrected chi connectivity index (χ1v) is 11.4. The van der Waals surface area contributed by atoms with E-state index in [9.17, 15) is 14.7 Å². The molecule has 5 rings (SSSR count). The summed E-state index contributed by atoms with van der Waals surface area (Å²) in [4.78, 5) is 32.4. The fourth-order valence-electron chi connectivity index (χ4n) is 4.28. The molecule has 1 aliphatic heterocycles. The van der Waals surface area contributed by atoms with Crippen molar-refractivity contribution in [3.05, 3.63) is 70.1 Å². The van der Waals surface area contributed by atoms with Gasteiger partial charge < -0.3 is 14.6 Å².